The zero-order chi connectivity index (χ0) is 19.6. The van der Waals surface area contributed by atoms with Gasteiger partial charge in [-0.3, -0.25) is 19.8 Å². The Morgan fingerprint density at radius 1 is 1.22 bits per heavy atom. The van der Waals surface area contributed by atoms with E-state index in [4.69, 9.17) is 4.74 Å². The van der Waals surface area contributed by atoms with E-state index in [-0.39, 0.29) is 18.8 Å². The van der Waals surface area contributed by atoms with Crippen LogP contribution in [0.5, 0.6) is 5.75 Å². The Hall–Kier alpha value is -2.94. The summed E-state index contributed by atoms with van der Waals surface area (Å²) in [6.45, 7) is 1.71. The van der Waals surface area contributed by atoms with Crippen LogP contribution in [-0.2, 0) is 10.3 Å². The second kappa shape index (κ2) is 7.36. The number of hydrogen-bond acceptors (Lipinski definition) is 5. The minimum atomic E-state index is -1.36. The monoisotopic (exact) mass is 433 g/mol. The van der Waals surface area contributed by atoms with Crippen LogP contribution in [0.1, 0.15) is 12.5 Å². The second-order valence-corrected chi connectivity index (χ2v) is 7.04. The van der Waals surface area contributed by atoms with Crippen LogP contribution in [0.3, 0.4) is 0 Å². The summed E-state index contributed by atoms with van der Waals surface area (Å²) in [4.78, 5) is 36.6. The summed E-state index contributed by atoms with van der Waals surface area (Å²) < 4.78 is 6.43. The van der Waals surface area contributed by atoms with Crippen molar-refractivity contribution in [3.8, 4) is 5.75 Å². The first-order valence-electron chi connectivity index (χ1n) is 8.08. The molecule has 1 saturated heterocycles. The van der Waals surface area contributed by atoms with E-state index in [1.54, 1.807) is 18.2 Å². The van der Waals surface area contributed by atoms with Crippen LogP contribution in [-0.4, -0.2) is 34.9 Å². The minimum absolute atomic E-state index is 0.0572. The Balaban J connectivity index is 1.72. The number of ether oxygens (including phenoxy) is 1. The molecule has 140 valence electrons. The quantitative estimate of drug-likeness (QED) is 0.428. The molecule has 1 atom stereocenters. The molecule has 1 aliphatic rings. The number of hydrogen-bond donors (Lipinski definition) is 1. The predicted octanol–water partition coefficient (Wildman–Crippen LogP) is 3.20. The second-order valence-electron chi connectivity index (χ2n) is 6.13. The van der Waals surface area contributed by atoms with E-state index in [0.29, 0.717) is 11.3 Å². The number of non-ortho nitro benzene ring substituents is 1. The van der Waals surface area contributed by atoms with Crippen LogP contribution in [0.4, 0.5) is 10.5 Å². The molecule has 0 aromatic heterocycles. The van der Waals surface area contributed by atoms with Crippen molar-refractivity contribution in [3.05, 3.63) is 68.7 Å². The van der Waals surface area contributed by atoms with Crippen LogP contribution >= 0.6 is 15.9 Å². The van der Waals surface area contributed by atoms with Gasteiger partial charge in [-0.05, 0) is 30.7 Å². The Morgan fingerprint density at radius 3 is 2.67 bits per heavy atom. The average Bonchev–Trinajstić information content (AvgIpc) is 2.86. The highest BCUT2D eigenvalue weighted by Gasteiger charge is 2.49. The van der Waals surface area contributed by atoms with Gasteiger partial charge in [0, 0.05) is 16.6 Å². The molecule has 1 heterocycles. The van der Waals surface area contributed by atoms with E-state index in [0.717, 1.165) is 9.37 Å². The van der Waals surface area contributed by atoms with E-state index in [1.165, 1.54) is 25.1 Å². The zero-order valence-electron chi connectivity index (χ0n) is 14.3. The summed E-state index contributed by atoms with van der Waals surface area (Å²) in [5.74, 6) is 0.128. The van der Waals surface area contributed by atoms with Crippen LogP contribution in [0.15, 0.2) is 53.0 Å². The SMILES string of the molecule is CC1(c2cccc([N+](=O)[O-])c2)NC(=O)N(CCOc2cccc(Br)c2)C1=O. The molecule has 9 heteroatoms. The molecule has 0 aliphatic carbocycles. The highest BCUT2D eigenvalue weighted by molar-refractivity contribution is 9.10. The summed E-state index contributed by atoms with van der Waals surface area (Å²) >= 11 is 3.34. The topological polar surface area (TPSA) is 102 Å². The number of urea groups is 1. The number of halogens is 1. The number of nitrogens with zero attached hydrogens (tertiary/aromatic N) is 2. The first-order chi connectivity index (χ1) is 12.8. The smallest absolute Gasteiger partial charge is 0.325 e. The Bertz CT molecular complexity index is 919. The van der Waals surface area contributed by atoms with Crippen molar-refractivity contribution in [1.29, 1.82) is 0 Å². The van der Waals surface area contributed by atoms with Crippen molar-refractivity contribution in [3.63, 3.8) is 0 Å². The van der Waals surface area contributed by atoms with Crippen molar-refractivity contribution in [1.82, 2.24) is 10.2 Å². The first-order valence-corrected chi connectivity index (χ1v) is 8.88. The highest BCUT2D eigenvalue weighted by atomic mass is 79.9. The third-order valence-electron chi connectivity index (χ3n) is 4.29. The maximum absolute atomic E-state index is 12.8. The third-order valence-corrected chi connectivity index (χ3v) is 4.78. The van der Waals surface area contributed by atoms with Gasteiger partial charge in [-0.2, -0.15) is 0 Å². The molecular weight excluding hydrogens is 418 g/mol. The van der Waals surface area contributed by atoms with Crippen molar-refractivity contribution in [2.24, 2.45) is 0 Å². The molecule has 1 aliphatic heterocycles. The summed E-state index contributed by atoms with van der Waals surface area (Å²) in [6, 6.07) is 12.3. The predicted molar refractivity (Wildman–Crippen MR) is 100 cm³/mol. The Morgan fingerprint density at radius 2 is 1.96 bits per heavy atom. The molecule has 1 N–H and O–H groups in total. The number of carbonyl (C=O) groups is 2. The van der Waals surface area contributed by atoms with E-state index in [1.807, 2.05) is 12.1 Å². The molecule has 3 amide bonds. The van der Waals surface area contributed by atoms with Gasteiger partial charge in [0.25, 0.3) is 11.6 Å². The van der Waals surface area contributed by atoms with Gasteiger partial charge in [0.2, 0.25) is 0 Å². The average molecular weight is 434 g/mol. The minimum Gasteiger partial charge on any atom is -0.492 e. The lowest BCUT2D eigenvalue weighted by molar-refractivity contribution is -0.385. The fourth-order valence-electron chi connectivity index (χ4n) is 2.84. The number of carbonyl (C=O) groups excluding carboxylic acids is 2. The van der Waals surface area contributed by atoms with Crippen LogP contribution < -0.4 is 10.1 Å². The zero-order valence-corrected chi connectivity index (χ0v) is 15.9. The fourth-order valence-corrected chi connectivity index (χ4v) is 3.22. The number of nitro benzene ring substituents is 1. The summed E-state index contributed by atoms with van der Waals surface area (Å²) in [5.41, 5.74) is -1.16. The molecule has 1 fully saturated rings. The van der Waals surface area contributed by atoms with Gasteiger partial charge in [-0.25, -0.2) is 4.79 Å². The summed E-state index contributed by atoms with van der Waals surface area (Å²) in [6.07, 6.45) is 0. The molecule has 2 aromatic rings. The molecule has 0 radical (unpaired) electrons. The lowest BCUT2D eigenvalue weighted by Crippen LogP contribution is -2.41. The third kappa shape index (κ3) is 3.77. The van der Waals surface area contributed by atoms with Gasteiger partial charge in [0.1, 0.15) is 17.9 Å². The van der Waals surface area contributed by atoms with E-state index in [2.05, 4.69) is 21.2 Å². The van der Waals surface area contributed by atoms with Gasteiger partial charge in [-0.1, -0.05) is 34.1 Å². The van der Waals surface area contributed by atoms with Crippen LogP contribution in [0.2, 0.25) is 0 Å². The lowest BCUT2D eigenvalue weighted by Gasteiger charge is -2.22. The van der Waals surface area contributed by atoms with Crippen molar-refractivity contribution in [2.45, 2.75) is 12.5 Å². The number of benzene rings is 2. The molecule has 0 spiro atoms. The molecule has 2 aromatic carbocycles. The van der Waals surface area contributed by atoms with Crippen LogP contribution in [0, 0.1) is 10.1 Å². The van der Waals surface area contributed by atoms with Gasteiger partial charge in [0.05, 0.1) is 11.5 Å². The van der Waals surface area contributed by atoms with Gasteiger partial charge in [0.15, 0.2) is 0 Å². The largest absolute Gasteiger partial charge is 0.492 e. The van der Waals surface area contributed by atoms with Crippen LogP contribution in [0.25, 0.3) is 0 Å². The number of imide groups is 1. The van der Waals surface area contributed by atoms with Crippen molar-refractivity contribution in [2.75, 3.05) is 13.2 Å². The molecule has 27 heavy (non-hydrogen) atoms. The fraction of sp³-hybridized carbons (Fsp3) is 0.222. The lowest BCUT2D eigenvalue weighted by atomic mass is 9.91. The first kappa shape index (κ1) is 18.8. The van der Waals surface area contributed by atoms with E-state index < -0.39 is 22.4 Å². The Labute approximate surface area is 163 Å². The van der Waals surface area contributed by atoms with E-state index in [9.17, 15) is 19.7 Å². The van der Waals surface area contributed by atoms with Gasteiger partial charge < -0.3 is 10.1 Å². The number of rotatable bonds is 6. The number of nitrogens with one attached hydrogen (secondary N) is 1. The maximum Gasteiger partial charge on any atom is 0.325 e. The van der Waals surface area contributed by atoms with Gasteiger partial charge in [-0.15, -0.1) is 0 Å². The molecule has 1 unspecified atom stereocenters. The summed E-state index contributed by atoms with van der Waals surface area (Å²) in [7, 11) is 0. The van der Waals surface area contributed by atoms with Crippen molar-refractivity contribution < 1.29 is 19.2 Å². The molecule has 8 nitrogen and oxygen atoms in total. The molecule has 0 bridgehead atoms. The Kier molecular flexibility index (Phi) is 5.13. The van der Waals surface area contributed by atoms with E-state index >= 15 is 0 Å². The molecular formula is C18H16BrN3O5. The molecule has 3 rings (SSSR count). The highest BCUT2D eigenvalue weighted by Crippen LogP contribution is 2.30. The van der Waals surface area contributed by atoms with Crippen molar-refractivity contribution >= 4 is 33.6 Å². The maximum atomic E-state index is 12.8. The normalized spacial score (nSPS) is 19.1. The number of amides is 3. The van der Waals surface area contributed by atoms with Gasteiger partial charge >= 0.3 is 6.03 Å². The molecule has 0 saturated carbocycles. The standard InChI is InChI=1S/C18H16BrN3O5/c1-18(12-4-2-6-14(10-12)22(25)26)16(23)21(17(24)20-18)8-9-27-15-7-3-5-13(19)11-15/h2-7,10-11H,8-9H2,1H3,(H,20,24). The summed E-state index contributed by atoms with van der Waals surface area (Å²) in [5, 5.41) is 13.6. The number of nitro groups is 1.